The van der Waals surface area contributed by atoms with Gasteiger partial charge in [-0.15, -0.1) is 0 Å². The molecule has 2 heterocycles. The summed E-state index contributed by atoms with van der Waals surface area (Å²) in [6, 6.07) is 3.31. The van der Waals surface area contributed by atoms with E-state index in [-0.39, 0.29) is 44.4 Å². The highest BCUT2D eigenvalue weighted by Gasteiger charge is 2.15. The summed E-state index contributed by atoms with van der Waals surface area (Å²) >= 11 is 11.6. The van der Waals surface area contributed by atoms with Crippen molar-refractivity contribution in [3.8, 4) is 0 Å². The molecule has 170 valence electrons. The van der Waals surface area contributed by atoms with Crippen molar-refractivity contribution in [1.29, 1.82) is 0 Å². The quantitative estimate of drug-likeness (QED) is 0.277. The van der Waals surface area contributed by atoms with Gasteiger partial charge in [-0.1, -0.05) is 56.1 Å². The number of aromatic nitrogens is 2. The number of oxime groups is 1. The van der Waals surface area contributed by atoms with E-state index in [4.69, 9.17) is 28.4 Å². The number of pyridine rings is 2. The molecular formula is C22H29Cl2N3O4. The van der Waals surface area contributed by atoms with Crippen molar-refractivity contribution >= 4 is 35.7 Å². The number of halogens is 2. The van der Waals surface area contributed by atoms with Crippen LogP contribution in [0.2, 0.25) is 10.0 Å². The van der Waals surface area contributed by atoms with Crippen molar-refractivity contribution in [1.82, 2.24) is 9.13 Å². The van der Waals surface area contributed by atoms with E-state index in [0.717, 1.165) is 6.21 Å². The lowest BCUT2D eigenvalue weighted by Crippen LogP contribution is -2.28. The molecule has 31 heavy (non-hydrogen) atoms. The first-order chi connectivity index (χ1) is 14.5. The Morgan fingerprint density at radius 3 is 1.58 bits per heavy atom. The zero-order valence-corrected chi connectivity index (χ0v) is 20.1. The molecule has 0 amide bonds. The Bertz CT molecular complexity index is 1040. The standard InChI is InChI=1S/C11H15ClN2O2.C11H14ClNO2/c1-7(2)8(3)14-5-4-10(12)9(6-13-16)11(14)15;1-7(2)8(3)13-5-4-10(12)9(6-14)11(13)15/h4-8,16H,1-3H3;4-8H,1-3H3. The molecule has 2 rings (SSSR count). The first kappa shape index (κ1) is 26.7. The van der Waals surface area contributed by atoms with E-state index in [0.29, 0.717) is 18.1 Å². The summed E-state index contributed by atoms with van der Waals surface area (Å²) in [5.41, 5.74) is -0.323. The fraction of sp³-hybridized carbons (Fsp3) is 0.455. The van der Waals surface area contributed by atoms with E-state index < -0.39 is 0 Å². The van der Waals surface area contributed by atoms with Crippen LogP contribution in [0.15, 0.2) is 39.3 Å². The van der Waals surface area contributed by atoms with Crippen LogP contribution in [0.5, 0.6) is 0 Å². The predicted octanol–water partition coefficient (Wildman–Crippen LogP) is 5.06. The van der Waals surface area contributed by atoms with E-state index in [1.54, 1.807) is 33.7 Å². The molecule has 2 aromatic rings. The maximum absolute atomic E-state index is 12.0. The fourth-order valence-corrected chi connectivity index (χ4v) is 3.02. The van der Waals surface area contributed by atoms with Gasteiger partial charge in [0.05, 0.1) is 27.4 Å². The second kappa shape index (κ2) is 11.9. The second-order valence-electron chi connectivity index (χ2n) is 7.91. The van der Waals surface area contributed by atoms with Crippen molar-refractivity contribution in [2.24, 2.45) is 17.0 Å². The summed E-state index contributed by atoms with van der Waals surface area (Å²) in [7, 11) is 0. The van der Waals surface area contributed by atoms with Gasteiger partial charge in [-0.3, -0.25) is 14.4 Å². The second-order valence-corrected chi connectivity index (χ2v) is 8.73. The van der Waals surface area contributed by atoms with Gasteiger partial charge < -0.3 is 14.3 Å². The first-order valence-corrected chi connectivity index (χ1v) is 10.7. The average Bonchev–Trinajstić information content (AvgIpc) is 2.71. The molecule has 0 radical (unpaired) electrons. The first-order valence-electron chi connectivity index (χ1n) is 9.91. The van der Waals surface area contributed by atoms with E-state index in [9.17, 15) is 14.4 Å². The zero-order valence-electron chi connectivity index (χ0n) is 18.5. The lowest BCUT2D eigenvalue weighted by atomic mass is 10.1. The molecule has 9 heteroatoms. The fourth-order valence-electron chi connectivity index (χ4n) is 2.65. The molecule has 0 bridgehead atoms. The van der Waals surface area contributed by atoms with E-state index in [1.807, 2.05) is 41.5 Å². The normalized spacial score (nSPS) is 13.2. The van der Waals surface area contributed by atoms with Gasteiger partial charge in [0.2, 0.25) is 0 Å². The van der Waals surface area contributed by atoms with E-state index in [1.165, 1.54) is 0 Å². The molecule has 2 atom stereocenters. The minimum absolute atomic E-state index is 0.0340. The molecule has 0 saturated carbocycles. The van der Waals surface area contributed by atoms with Crippen molar-refractivity contribution in [3.05, 3.63) is 66.4 Å². The highest BCUT2D eigenvalue weighted by Crippen LogP contribution is 2.18. The summed E-state index contributed by atoms with van der Waals surface area (Å²) in [4.78, 5) is 34.5. The van der Waals surface area contributed by atoms with Crippen LogP contribution in [-0.2, 0) is 0 Å². The van der Waals surface area contributed by atoms with Gasteiger partial charge in [0, 0.05) is 24.5 Å². The van der Waals surface area contributed by atoms with Crippen LogP contribution >= 0.6 is 23.2 Å². The Morgan fingerprint density at radius 2 is 1.23 bits per heavy atom. The van der Waals surface area contributed by atoms with Crippen molar-refractivity contribution in [2.45, 2.75) is 53.6 Å². The molecule has 2 unspecified atom stereocenters. The van der Waals surface area contributed by atoms with Crippen LogP contribution in [0.1, 0.15) is 69.5 Å². The Balaban J connectivity index is 0.000000311. The third-order valence-electron chi connectivity index (χ3n) is 5.32. The van der Waals surface area contributed by atoms with Crippen LogP contribution in [0.3, 0.4) is 0 Å². The Hall–Kier alpha value is -2.38. The molecule has 0 aliphatic rings. The third-order valence-corrected chi connectivity index (χ3v) is 5.98. The molecule has 2 aromatic heterocycles. The summed E-state index contributed by atoms with van der Waals surface area (Å²) in [5.74, 6) is 0.654. The number of carbonyl (C=O) groups excluding carboxylic acids is 1. The number of nitrogens with zero attached hydrogens (tertiary/aromatic N) is 3. The highest BCUT2D eigenvalue weighted by molar-refractivity contribution is 6.33. The van der Waals surface area contributed by atoms with Crippen LogP contribution in [-0.4, -0.2) is 26.8 Å². The molecule has 1 N–H and O–H groups in total. The summed E-state index contributed by atoms with van der Waals surface area (Å²) in [5, 5.41) is 11.8. The molecule has 0 aliphatic heterocycles. The maximum Gasteiger partial charge on any atom is 0.262 e. The Morgan fingerprint density at radius 1 is 0.839 bits per heavy atom. The third kappa shape index (κ3) is 6.55. The van der Waals surface area contributed by atoms with Crippen molar-refractivity contribution in [2.75, 3.05) is 0 Å². The number of carbonyl (C=O) groups is 1. The molecular weight excluding hydrogens is 441 g/mol. The lowest BCUT2D eigenvalue weighted by Gasteiger charge is -2.19. The molecule has 0 saturated heterocycles. The number of hydrogen-bond donors (Lipinski definition) is 1. The molecule has 0 aliphatic carbocycles. The van der Waals surface area contributed by atoms with Crippen molar-refractivity contribution in [3.63, 3.8) is 0 Å². The van der Waals surface area contributed by atoms with Gasteiger partial charge in [-0.2, -0.15) is 0 Å². The van der Waals surface area contributed by atoms with Crippen LogP contribution in [0, 0.1) is 11.8 Å². The summed E-state index contributed by atoms with van der Waals surface area (Å²) in [6.45, 7) is 12.0. The number of hydrogen-bond acceptors (Lipinski definition) is 5. The van der Waals surface area contributed by atoms with Gasteiger partial charge in [-0.25, -0.2) is 0 Å². The lowest BCUT2D eigenvalue weighted by molar-refractivity contribution is 0.112. The molecule has 0 fully saturated rings. The van der Waals surface area contributed by atoms with Crippen LogP contribution in [0.25, 0.3) is 0 Å². The Kier molecular flexibility index (Phi) is 10.2. The minimum Gasteiger partial charge on any atom is -0.411 e. The molecule has 0 aromatic carbocycles. The van der Waals surface area contributed by atoms with E-state index in [2.05, 4.69) is 5.16 Å². The maximum atomic E-state index is 12.0. The number of aldehydes is 1. The Labute approximate surface area is 191 Å². The van der Waals surface area contributed by atoms with Gasteiger partial charge in [0.1, 0.15) is 0 Å². The topological polar surface area (TPSA) is 93.7 Å². The zero-order chi connectivity index (χ0) is 23.9. The SMILES string of the molecule is CC(C)C(C)n1ccc(Cl)c(C=NO)c1=O.CC(C)C(C)n1ccc(Cl)c(C=O)c1=O. The van der Waals surface area contributed by atoms with Gasteiger partial charge in [-0.05, 0) is 37.8 Å². The van der Waals surface area contributed by atoms with Crippen LogP contribution < -0.4 is 11.1 Å². The monoisotopic (exact) mass is 469 g/mol. The van der Waals surface area contributed by atoms with Gasteiger partial charge in [0.25, 0.3) is 11.1 Å². The largest absolute Gasteiger partial charge is 0.411 e. The van der Waals surface area contributed by atoms with E-state index >= 15 is 0 Å². The molecule has 0 spiro atoms. The van der Waals surface area contributed by atoms with Crippen LogP contribution in [0.4, 0.5) is 0 Å². The summed E-state index contributed by atoms with van der Waals surface area (Å²) < 4.78 is 3.13. The molecule has 7 nitrogen and oxygen atoms in total. The average molecular weight is 470 g/mol. The number of rotatable bonds is 6. The minimum atomic E-state index is -0.321. The smallest absolute Gasteiger partial charge is 0.262 e. The summed E-state index contributed by atoms with van der Waals surface area (Å²) in [6.07, 6.45) is 4.86. The highest BCUT2D eigenvalue weighted by atomic mass is 35.5. The van der Waals surface area contributed by atoms with Gasteiger partial charge in [0.15, 0.2) is 6.29 Å². The van der Waals surface area contributed by atoms with Gasteiger partial charge >= 0.3 is 0 Å². The van der Waals surface area contributed by atoms with Crippen molar-refractivity contribution < 1.29 is 10.0 Å². The predicted molar refractivity (Wildman–Crippen MR) is 125 cm³/mol.